The lowest BCUT2D eigenvalue weighted by Crippen LogP contribution is -2.53. The number of unbranched alkanes of at least 4 members (excludes halogenated alkanes) is 2. The minimum absolute atomic E-state index is 0.0424. The van der Waals surface area contributed by atoms with Gasteiger partial charge in [0, 0.05) is 20.0 Å². The Morgan fingerprint density at radius 2 is 1.74 bits per heavy atom. The molecule has 5 rings (SSSR count). The number of rotatable bonds is 7. The lowest BCUT2D eigenvalue weighted by atomic mass is 9.96. The fraction of sp³-hybridized carbons (Fsp3) is 0.533. The van der Waals surface area contributed by atoms with Gasteiger partial charge in [-0.2, -0.15) is 0 Å². The van der Waals surface area contributed by atoms with Gasteiger partial charge in [-0.3, -0.25) is 13.9 Å². The zero-order chi connectivity index (χ0) is 27.9. The molecule has 3 atom stereocenters. The van der Waals surface area contributed by atoms with E-state index in [0.29, 0.717) is 37.7 Å². The molecule has 0 aromatic heterocycles. The van der Waals surface area contributed by atoms with Crippen LogP contribution in [-0.4, -0.2) is 58.3 Å². The number of benzene rings is 2. The summed E-state index contributed by atoms with van der Waals surface area (Å²) in [6.45, 7) is 7.18. The second kappa shape index (κ2) is 10.9. The third kappa shape index (κ3) is 5.43. The van der Waals surface area contributed by atoms with Crippen molar-refractivity contribution in [2.75, 3.05) is 40.1 Å². The summed E-state index contributed by atoms with van der Waals surface area (Å²) in [5.74, 6) is 0.305. The number of fused-ring (bicyclic) bond motifs is 2. The number of sulfonamides is 1. The smallest absolute Gasteiger partial charge is 0.256 e. The minimum Gasteiger partial charge on any atom is -0.368 e. The van der Waals surface area contributed by atoms with Gasteiger partial charge in [-0.1, -0.05) is 38.3 Å². The lowest BCUT2D eigenvalue weighted by Gasteiger charge is -2.41. The fourth-order valence-electron chi connectivity index (χ4n) is 6.31. The van der Waals surface area contributed by atoms with Crippen molar-refractivity contribution in [3.05, 3.63) is 42.0 Å². The first-order chi connectivity index (χ1) is 18.6. The summed E-state index contributed by atoms with van der Waals surface area (Å²) in [5.41, 5.74) is 4.99. The van der Waals surface area contributed by atoms with Gasteiger partial charge in [-0.25, -0.2) is 8.42 Å². The predicted molar refractivity (Wildman–Crippen MR) is 155 cm³/mol. The Labute approximate surface area is 232 Å². The molecule has 210 valence electrons. The first-order valence-electron chi connectivity index (χ1n) is 14.1. The Balaban J connectivity index is 1.46. The Morgan fingerprint density at radius 1 is 1.03 bits per heavy atom. The summed E-state index contributed by atoms with van der Waals surface area (Å²) in [6, 6.07) is 11.5. The van der Waals surface area contributed by atoms with Crippen LogP contribution >= 0.6 is 0 Å². The minimum atomic E-state index is -3.32. The summed E-state index contributed by atoms with van der Waals surface area (Å²) in [6.07, 6.45) is 6.77. The molecular formula is C30H39N3O5S. The zero-order valence-corrected chi connectivity index (χ0v) is 24.2. The van der Waals surface area contributed by atoms with Crippen LogP contribution in [0.5, 0.6) is 0 Å². The predicted octanol–water partition coefficient (Wildman–Crippen LogP) is 4.75. The second-order valence-corrected chi connectivity index (χ2v) is 13.1. The monoisotopic (exact) mass is 553 g/mol. The molecule has 2 amide bonds. The molecule has 1 fully saturated rings. The van der Waals surface area contributed by atoms with E-state index in [0.717, 1.165) is 47.3 Å². The van der Waals surface area contributed by atoms with Crippen LogP contribution < -0.4 is 14.1 Å². The molecule has 3 aliphatic heterocycles. The van der Waals surface area contributed by atoms with Crippen LogP contribution in [-0.2, 0) is 30.8 Å². The van der Waals surface area contributed by atoms with Gasteiger partial charge >= 0.3 is 0 Å². The number of carbonyl (C=O) groups excluding carboxylic acids is 2. The molecule has 3 unspecified atom stereocenters. The number of ether oxygens (including phenoxy) is 1. The van der Waals surface area contributed by atoms with E-state index in [1.54, 1.807) is 16.7 Å². The Kier molecular flexibility index (Phi) is 7.75. The van der Waals surface area contributed by atoms with Crippen LogP contribution in [0, 0.1) is 5.92 Å². The molecule has 0 bridgehead atoms. The van der Waals surface area contributed by atoms with Gasteiger partial charge in [0.2, 0.25) is 15.9 Å². The van der Waals surface area contributed by atoms with Crippen LogP contribution in [0.3, 0.4) is 0 Å². The highest BCUT2D eigenvalue weighted by molar-refractivity contribution is 7.92. The third-order valence-corrected chi connectivity index (χ3v) is 9.44. The molecule has 1 saturated heterocycles. The summed E-state index contributed by atoms with van der Waals surface area (Å²) in [7, 11) is -3.32. The van der Waals surface area contributed by atoms with Crippen molar-refractivity contribution in [1.82, 2.24) is 0 Å². The van der Waals surface area contributed by atoms with Crippen LogP contribution in [0.2, 0.25) is 0 Å². The van der Waals surface area contributed by atoms with Crippen LogP contribution in [0.1, 0.15) is 58.4 Å². The normalized spacial score (nSPS) is 22.7. The van der Waals surface area contributed by atoms with E-state index in [-0.39, 0.29) is 17.9 Å². The van der Waals surface area contributed by atoms with Crippen molar-refractivity contribution in [2.45, 2.75) is 71.4 Å². The quantitative estimate of drug-likeness (QED) is 0.462. The maximum absolute atomic E-state index is 13.8. The highest BCUT2D eigenvalue weighted by atomic mass is 32.2. The number of nitrogens with zero attached hydrogens (tertiary/aromatic N) is 3. The van der Waals surface area contributed by atoms with Gasteiger partial charge in [-0.15, -0.1) is 0 Å². The van der Waals surface area contributed by atoms with E-state index in [1.807, 2.05) is 43.3 Å². The van der Waals surface area contributed by atoms with Crippen molar-refractivity contribution in [3.63, 3.8) is 0 Å². The lowest BCUT2D eigenvalue weighted by molar-refractivity contribution is -0.127. The van der Waals surface area contributed by atoms with Crippen molar-refractivity contribution < 1.29 is 22.7 Å². The summed E-state index contributed by atoms with van der Waals surface area (Å²) in [4.78, 5) is 30.0. The van der Waals surface area contributed by atoms with Gasteiger partial charge < -0.3 is 14.5 Å². The molecule has 0 radical (unpaired) electrons. The van der Waals surface area contributed by atoms with Crippen molar-refractivity contribution in [2.24, 2.45) is 5.92 Å². The second-order valence-electron chi connectivity index (χ2n) is 11.2. The summed E-state index contributed by atoms with van der Waals surface area (Å²) >= 11 is 0. The number of hydrogen-bond acceptors (Lipinski definition) is 5. The van der Waals surface area contributed by atoms with Gasteiger partial charge in [0.15, 0.2) is 0 Å². The molecule has 3 heterocycles. The number of hydrogen-bond donors (Lipinski definition) is 0. The topological polar surface area (TPSA) is 87.2 Å². The van der Waals surface area contributed by atoms with Crippen LogP contribution in [0.4, 0.5) is 17.1 Å². The van der Waals surface area contributed by atoms with Gasteiger partial charge in [0.25, 0.3) is 5.91 Å². The molecule has 2 aromatic rings. The maximum atomic E-state index is 13.8. The molecule has 0 aliphatic carbocycles. The average molecular weight is 554 g/mol. The molecule has 39 heavy (non-hydrogen) atoms. The maximum Gasteiger partial charge on any atom is 0.256 e. The molecule has 0 spiro atoms. The first-order valence-corrected chi connectivity index (χ1v) is 15.9. The third-order valence-electron chi connectivity index (χ3n) is 8.26. The van der Waals surface area contributed by atoms with Crippen molar-refractivity contribution in [1.29, 1.82) is 0 Å². The van der Waals surface area contributed by atoms with E-state index >= 15 is 0 Å². The Hall–Kier alpha value is -2.91. The number of amides is 2. The van der Waals surface area contributed by atoms with Crippen molar-refractivity contribution >= 4 is 38.9 Å². The molecule has 3 aliphatic rings. The molecule has 2 aromatic carbocycles. The average Bonchev–Trinajstić information content (AvgIpc) is 3.54. The standard InChI is InChI=1S/C30H39N3O5S/c1-5-6-7-8-22-15-29(38-19-22)30(35)31-18-20(2)33(21(3)34)27-12-10-24(17-28(27)31)23-9-11-26-25(16-23)13-14-32(26)39(4,36)37/h9-12,16-17,20,22,29H,5-8,13-15,18-19H2,1-4H3. The molecule has 0 N–H and O–H groups in total. The Morgan fingerprint density at radius 3 is 2.44 bits per heavy atom. The fourth-order valence-corrected chi connectivity index (χ4v) is 7.27. The van der Waals surface area contributed by atoms with E-state index in [9.17, 15) is 18.0 Å². The van der Waals surface area contributed by atoms with E-state index in [2.05, 4.69) is 6.92 Å². The zero-order valence-electron chi connectivity index (χ0n) is 23.4. The molecule has 0 saturated carbocycles. The highest BCUT2D eigenvalue weighted by Crippen LogP contribution is 2.41. The van der Waals surface area contributed by atoms with Gasteiger partial charge in [-0.05, 0) is 73.1 Å². The van der Waals surface area contributed by atoms with Crippen LogP contribution in [0.15, 0.2) is 36.4 Å². The largest absolute Gasteiger partial charge is 0.368 e. The number of anilines is 3. The summed E-state index contributed by atoms with van der Waals surface area (Å²) < 4.78 is 31.8. The molecule has 9 heteroatoms. The van der Waals surface area contributed by atoms with Gasteiger partial charge in [0.1, 0.15) is 6.10 Å². The summed E-state index contributed by atoms with van der Waals surface area (Å²) in [5, 5.41) is 0. The molecular weight excluding hydrogens is 514 g/mol. The first kappa shape index (κ1) is 27.6. The van der Waals surface area contributed by atoms with E-state index in [1.165, 1.54) is 23.4 Å². The molecule has 8 nitrogen and oxygen atoms in total. The van der Waals surface area contributed by atoms with E-state index in [4.69, 9.17) is 4.74 Å². The van der Waals surface area contributed by atoms with Crippen LogP contribution in [0.25, 0.3) is 11.1 Å². The van der Waals surface area contributed by atoms with Gasteiger partial charge in [0.05, 0.1) is 36.0 Å². The highest BCUT2D eigenvalue weighted by Gasteiger charge is 2.39. The van der Waals surface area contributed by atoms with Crippen molar-refractivity contribution in [3.8, 4) is 11.1 Å². The Bertz CT molecular complexity index is 1370. The SMILES string of the molecule is CCCCCC1COC(C(=O)N2CC(C)N(C(C)=O)c3ccc(-c4ccc5c(c4)CCN5S(C)(=O)=O)cc32)C1. The van der Waals surface area contributed by atoms with E-state index < -0.39 is 16.1 Å². The number of carbonyl (C=O) groups is 2.